The molecule has 5 heteroatoms. The second-order valence-electron chi connectivity index (χ2n) is 4.69. The van der Waals surface area contributed by atoms with Gasteiger partial charge in [0.2, 0.25) is 0 Å². The molecule has 1 aliphatic heterocycles. The van der Waals surface area contributed by atoms with Gasteiger partial charge >= 0.3 is 0 Å². The first-order valence-electron chi connectivity index (χ1n) is 5.99. The van der Waals surface area contributed by atoms with Crippen molar-refractivity contribution >= 4 is 5.91 Å². The summed E-state index contributed by atoms with van der Waals surface area (Å²) in [6, 6.07) is 3.03. The Morgan fingerprint density at radius 2 is 1.89 bits per heavy atom. The van der Waals surface area contributed by atoms with E-state index in [-0.39, 0.29) is 23.6 Å². The predicted octanol–water partition coefficient (Wildman–Crippen LogP) is 1.79. The molecule has 1 aliphatic rings. The van der Waals surface area contributed by atoms with Gasteiger partial charge in [0.25, 0.3) is 5.91 Å². The SMILES string of the molecule is CC1CNCC(C)N1C(=O)c1ccc(F)cc1F. The summed E-state index contributed by atoms with van der Waals surface area (Å²) in [4.78, 5) is 13.9. The average molecular weight is 254 g/mol. The number of hydrogen-bond acceptors (Lipinski definition) is 2. The molecular weight excluding hydrogens is 238 g/mol. The van der Waals surface area contributed by atoms with Crippen molar-refractivity contribution < 1.29 is 13.6 Å². The number of benzene rings is 1. The van der Waals surface area contributed by atoms with Gasteiger partial charge in [-0.15, -0.1) is 0 Å². The quantitative estimate of drug-likeness (QED) is 0.828. The van der Waals surface area contributed by atoms with E-state index in [0.717, 1.165) is 12.1 Å². The maximum Gasteiger partial charge on any atom is 0.257 e. The lowest BCUT2D eigenvalue weighted by Crippen LogP contribution is -2.57. The fraction of sp³-hybridized carbons (Fsp3) is 0.462. The summed E-state index contributed by atoms with van der Waals surface area (Å²) in [5, 5.41) is 3.20. The second kappa shape index (κ2) is 5.02. The van der Waals surface area contributed by atoms with E-state index in [9.17, 15) is 13.6 Å². The average Bonchev–Trinajstić information content (AvgIpc) is 2.28. The zero-order valence-electron chi connectivity index (χ0n) is 10.4. The monoisotopic (exact) mass is 254 g/mol. The Labute approximate surface area is 105 Å². The molecule has 2 atom stereocenters. The van der Waals surface area contributed by atoms with E-state index in [1.54, 1.807) is 4.90 Å². The maximum absolute atomic E-state index is 13.6. The van der Waals surface area contributed by atoms with Gasteiger partial charge in [-0.3, -0.25) is 4.79 Å². The van der Waals surface area contributed by atoms with E-state index in [1.165, 1.54) is 6.07 Å². The van der Waals surface area contributed by atoms with Crippen LogP contribution in [0.3, 0.4) is 0 Å². The zero-order valence-corrected chi connectivity index (χ0v) is 10.4. The Kier molecular flexibility index (Phi) is 3.61. The van der Waals surface area contributed by atoms with Gasteiger partial charge in [0, 0.05) is 31.2 Å². The number of piperazine rings is 1. The topological polar surface area (TPSA) is 32.3 Å². The van der Waals surface area contributed by atoms with Crippen LogP contribution >= 0.6 is 0 Å². The zero-order chi connectivity index (χ0) is 13.3. The summed E-state index contributed by atoms with van der Waals surface area (Å²) in [6.45, 7) is 5.17. The number of carbonyl (C=O) groups excluding carboxylic acids is 1. The van der Waals surface area contributed by atoms with E-state index >= 15 is 0 Å². The minimum atomic E-state index is -0.807. The molecule has 18 heavy (non-hydrogen) atoms. The van der Waals surface area contributed by atoms with E-state index in [4.69, 9.17) is 0 Å². The summed E-state index contributed by atoms with van der Waals surface area (Å²) in [6.07, 6.45) is 0. The predicted molar refractivity (Wildman–Crippen MR) is 64.3 cm³/mol. The Hall–Kier alpha value is -1.49. The molecule has 0 aromatic heterocycles. The third kappa shape index (κ3) is 2.36. The van der Waals surface area contributed by atoms with Crippen molar-refractivity contribution in [3.8, 4) is 0 Å². The van der Waals surface area contributed by atoms with E-state index < -0.39 is 11.6 Å². The third-order valence-electron chi connectivity index (χ3n) is 3.23. The maximum atomic E-state index is 13.6. The summed E-state index contributed by atoms with van der Waals surface area (Å²) in [5.41, 5.74) is -0.0722. The number of carbonyl (C=O) groups is 1. The van der Waals surface area contributed by atoms with Gasteiger partial charge in [-0.1, -0.05) is 0 Å². The van der Waals surface area contributed by atoms with Crippen LogP contribution in [0.1, 0.15) is 24.2 Å². The number of amides is 1. The molecule has 1 N–H and O–H groups in total. The van der Waals surface area contributed by atoms with Gasteiger partial charge in [0.1, 0.15) is 11.6 Å². The van der Waals surface area contributed by atoms with Crippen molar-refractivity contribution in [2.75, 3.05) is 13.1 Å². The molecule has 1 amide bonds. The van der Waals surface area contributed by atoms with Crippen molar-refractivity contribution in [3.63, 3.8) is 0 Å². The van der Waals surface area contributed by atoms with Crippen molar-refractivity contribution in [1.29, 1.82) is 0 Å². The number of nitrogens with zero attached hydrogens (tertiary/aromatic N) is 1. The molecule has 98 valence electrons. The molecule has 1 aromatic carbocycles. The molecule has 0 aliphatic carbocycles. The highest BCUT2D eigenvalue weighted by Crippen LogP contribution is 2.17. The fourth-order valence-corrected chi connectivity index (χ4v) is 2.33. The standard InChI is InChI=1S/C13H16F2N2O/c1-8-6-16-7-9(2)17(8)13(18)11-4-3-10(14)5-12(11)15/h3-5,8-9,16H,6-7H2,1-2H3. The first kappa shape index (κ1) is 13.0. The summed E-state index contributed by atoms with van der Waals surface area (Å²) >= 11 is 0. The van der Waals surface area contributed by atoms with Gasteiger partial charge in [-0.05, 0) is 26.0 Å². The van der Waals surface area contributed by atoms with Crippen LogP contribution in [-0.2, 0) is 0 Å². The minimum absolute atomic E-state index is 0.00861. The molecule has 0 saturated carbocycles. The van der Waals surface area contributed by atoms with Gasteiger partial charge in [0.05, 0.1) is 5.56 Å². The molecule has 3 nitrogen and oxygen atoms in total. The molecule has 0 spiro atoms. The van der Waals surface area contributed by atoms with E-state index in [0.29, 0.717) is 13.1 Å². The van der Waals surface area contributed by atoms with Crippen LogP contribution in [0.15, 0.2) is 18.2 Å². The van der Waals surface area contributed by atoms with Crippen molar-refractivity contribution in [2.45, 2.75) is 25.9 Å². The van der Waals surface area contributed by atoms with Gasteiger partial charge in [-0.25, -0.2) is 8.78 Å². The Balaban J connectivity index is 2.29. The fourth-order valence-electron chi connectivity index (χ4n) is 2.33. The van der Waals surface area contributed by atoms with Crippen LogP contribution in [0.4, 0.5) is 8.78 Å². The molecule has 2 rings (SSSR count). The minimum Gasteiger partial charge on any atom is -0.331 e. The van der Waals surface area contributed by atoms with Crippen molar-refractivity contribution in [3.05, 3.63) is 35.4 Å². The molecule has 0 radical (unpaired) electrons. The smallest absolute Gasteiger partial charge is 0.257 e. The first-order valence-corrected chi connectivity index (χ1v) is 5.99. The normalized spacial score (nSPS) is 24.1. The Morgan fingerprint density at radius 3 is 2.44 bits per heavy atom. The van der Waals surface area contributed by atoms with Crippen LogP contribution < -0.4 is 5.32 Å². The van der Waals surface area contributed by atoms with Gasteiger partial charge in [-0.2, -0.15) is 0 Å². The van der Waals surface area contributed by atoms with Crippen molar-refractivity contribution in [2.24, 2.45) is 0 Å². The van der Waals surface area contributed by atoms with Crippen LogP contribution in [0.5, 0.6) is 0 Å². The highest BCUT2D eigenvalue weighted by atomic mass is 19.1. The Bertz CT molecular complexity index is 454. The third-order valence-corrected chi connectivity index (χ3v) is 3.23. The first-order chi connectivity index (χ1) is 8.50. The van der Waals surface area contributed by atoms with Crippen molar-refractivity contribution in [1.82, 2.24) is 10.2 Å². The lowest BCUT2D eigenvalue weighted by molar-refractivity contribution is 0.0539. The van der Waals surface area contributed by atoms with Crippen LogP contribution in [0.2, 0.25) is 0 Å². The largest absolute Gasteiger partial charge is 0.331 e. The summed E-state index contributed by atoms with van der Waals surface area (Å²) in [5.74, 6) is -1.86. The highest BCUT2D eigenvalue weighted by molar-refractivity contribution is 5.95. The van der Waals surface area contributed by atoms with Crippen LogP contribution in [0.25, 0.3) is 0 Å². The number of rotatable bonds is 1. The molecule has 1 fully saturated rings. The lowest BCUT2D eigenvalue weighted by Gasteiger charge is -2.39. The van der Waals surface area contributed by atoms with Gasteiger partial charge in [0.15, 0.2) is 0 Å². The van der Waals surface area contributed by atoms with E-state index in [1.807, 2.05) is 13.8 Å². The van der Waals surface area contributed by atoms with Crippen LogP contribution in [-0.4, -0.2) is 36.0 Å². The summed E-state index contributed by atoms with van der Waals surface area (Å²) in [7, 11) is 0. The number of hydrogen-bond donors (Lipinski definition) is 1. The summed E-state index contributed by atoms with van der Waals surface area (Å²) < 4.78 is 26.4. The molecule has 1 aromatic rings. The second-order valence-corrected chi connectivity index (χ2v) is 4.69. The lowest BCUT2D eigenvalue weighted by atomic mass is 10.1. The molecular formula is C13H16F2N2O. The van der Waals surface area contributed by atoms with Crippen LogP contribution in [0, 0.1) is 11.6 Å². The number of halogens is 2. The van der Waals surface area contributed by atoms with Gasteiger partial charge < -0.3 is 10.2 Å². The molecule has 2 unspecified atom stereocenters. The number of nitrogens with one attached hydrogen (secondary N) is 1. The molecule has 0 bridgehead atoms. The molecule has 1 saturated heterocycles. The van der Waals surface area contributed by atoms with E-state index in [2.05, 4.69) is 5.32 Å². The Morgan fingerprint density at radius 1 is 1.28 bits per heavy atom. The highest BCUT2D eigenvalue weighted by Gasteiger charge is 2.30. The molecule has 1 heterocycles.